The van der Waals surface area contributed by atoms with Crippen LogP contribution in [0.4, 0.5) is 17.5 Å². The molecule has 1 aromatic rings. The molecule has 0 saturated heterocycles. The number of aromatic amines is 1. The van der Waals surface area contributed by atoms with E-state index in [0.29, 0.717) is 31.1 Å². The molecule has 0 aromatic carbocycles. The van der Waals surface area contributed by atoms with Crippen molar-refractivity contribution in [2.24, 2.45) is 0 Å². The summed E-state index contributed by atoms with van der Waals surface area (Å²) in [5.74, 6) is 0.588. The van der Waals surface area contributed by atoms with Crippen LogP contribution in [0.25, 0.3) is 0 Å². The van der Waals surface area contributed by atoms with E-state index in [1.807, 2.05) is 4.90 Å². The second kappa shape index (κ2) is 6.44. The Bertz CT molecular complexity index is 600. The lowest BCUT2D eigenvalue weighted by atomic mass is 10.3. The number of H-pyrrole nitrogens is 1. The van der Waals surface area contributed by atoms with Crippen molar-refractivity contribution in [3.8, 4) is 0 Å². The van der Waals surface area contributed by atoms with E-state index in [1.165, 1.54) is 0 Å². The van der Waals surface area contributed by atoms with Crippen LogP contribution in [-0.4, -0.2) is 45.9 Å². The average molecular weight is 319 g/mol. The molecule has 6 N–H and O–H groups in total. The molecule has 10 nitrogen and oxygen atoms in total. The summed E-state index contributed by atoms with van der Waals surface area (Å²) in [5.41, 5.74) is 5.62. The van der Waals surface area contributed by atoms with Crippen molar-refractivity contribution in [2.45, 2.75) is 12.8 Å². The number of ether oxygens (including phenoxy) is 1. The molecule has 0 radical (unpaired) electrons. The second-order valence-corrected chi connectivity index (χ2v) is 6.24. The summed E-state index contributed by atoms with van der Waals surface area (Å²) in [6.45, 7) is 1.37. The minimum Gasteiger partial charge on any atom is -0.369 e. The fourth-order valence-corrected chi connectivity index (χ4v) is 2.36. The van der Waals surface area contributed by atoms with Gasteiger partial charge in [0.2, 0.25) is 5.95 Å². The lowest BCUT2D eigenvalue weighted by molar-refractivity contribution is 0.153. The van der Waals surface area contributed by atoms with Gasteiger partial charge in [-0.05, 0) is 12.8 Å². The molecule has 0 fully saturated rings. The lowest BCUT2D eigenvalue weighted by Crippen LogP contribution is -2.25. The first kappa shape index (κ1) is 15.8. The highest BCUT2D eigenvalue weighted by Gasteiger charge is 2.23. The van der Waals surface area contributed by atoms with Crippen LogP contribution in [0.1, 0.15) is 12.8 Å². The van der Waals surface area contributed by atoms with Crippen LogP contribution in [0.5, 0.6) is 0 Å². The van der Waals surface area contributed by atoms with Gasteiger partial charge < -0.3 is 30.5 Å². The standard InChI is InChI=1S/C10H18N5O5P/c11-10-13-8-7(9(16)14-10)12-5-15(8)3-1-2-4-20-6-21(17,18)19/h12H,1-6H2,(H2,17,18,19)(H3,11,13,14,16). The van der Waals surface area contributed by atoms with Gasteiger partial charge in [-0.1, -0.05) is 0 Å². The molecule has 0 bridgehead atoms. The number of hydrogen-bond acceptors (Lipinski definition) is 7. The molecule has 0 saturated carbocycles. The first-order chi connectivity index (χ1) is 9.87. The quantitative estimate of drug-likeness (QED) is 0.329. The third-order valence-electron chi connectivity index (χ3n) is 2.89. The van der Waals surface area contributed by atoms with Gasteiger partial charge in [0.15, 0.2) is 5.82 Å². The molecule has 1 aliphatic heterocycles. The summed E-state index contributed by atoms with van der Waals surface area (Å²) in [5, 5.41) is 2.95. The van der Waals surface area contributed by atoms with E-state index < -0.39 is 13.9 Å². The zero-order chi connectivity index (χ0) is 15.5. The summed E-state index contributed by atoms with van der Waals surface area (Å²) in [4.78, 5) is 37.3. The molecule has 0 aliphatic carbocycles. The monoisotopic (exact) mass is 319 g/mol. The third kappa shape index (κ3) is 4.43. The van der Waals surface area contributed by atoms with Crippen molar-refractivity contribution in [3.63, 3.8) is 0 Å². The molecule has 0 spiro atoms. The Kier molecular flexibility index (Phi) is 4.84. The molecule has 0 amide bonds. The molecule has 11 heteroatoms. The van der Waals surface area contributed by atoms with Crippen molar-refractivity contribution in [2.75, 3.05) is 42.1 Å². The number of rotatable bonds is 7. The number of hydrogen-bond donors (Lipinski definition) is 5. The molecular weight excluding hydrogens is 301 g/mol. The summed E-state index contributed by atoms with van der Waals surface area (Å²) in [6.07, 6.45) is 0.815. The van der Waals surface area contributed by atoms with Crippen molar-refractivity contribution in [1.29, 1.82) is 0 Å². The lowest BCUT2D eigenvalue weighted by Gasteiger charge is -2.16. The number of nitrogens with two attached hydrogens (primary N) is 1. The summed E-state index contributed by atoms with van der Waals surface area (Å²) in [6, 6.07) is 0. The highest BCUT2D eigenvalue weighted by molar-refractivity contribution is 7.51. The fraction of sp³-hybridized carbons (Fsp3) is 0.600. The summed E-state index contributed by atoms with van der Waals surface area (Å²) < 4.78 is 15.5. The summed E-state index contributed by atoms with van der Waals surface area (Å²) >= 11 is 0. The van der Waals surface area contributed by atoms with Gasteiger partial charge in [0.1, 0.15) is 12.0 Å². The van der Waals surface area contributed by atoms with E-state index in [1.54, 1.807) is 0 Å². The van der Waals surface area contributed by atoms with E-state index in [-0.39, 0.29) is 18.1 Å². The normalized spacial score (nSPS) is 14.1. The zero-order valence-electron chi connectivity index (χ0n) is 11.3. The number of aromatic nitrogens is 2. The molecule has 1 aromatic heterocycles. The fourth-order valence-electron chi connectivity index (χ4n) is 1.99. The molecule has 2 rings (SSSR count). The minimum absolute atomic E-state index is 0.0671. The van der Waals surface area contributed by atoms with Gasteiger partial charge in [0.05, 0.1) is 6.67 Å². The highest BCUT2D eigenvalue weighted by Crippen LogP contribution is 2.33. The van der Waals surface area contributed by atoms with Crippen LogP contribution in [0.15, 0.2) is 4.79 Å². The van der Waals surface area contributed by atoms with Crippen LogP contribution in [0.3, 0.4) is 0 Å². The number of nitrogen functional groups attached to an aromatic ring is 1. The Morgan fingerprint density at radius 2 is 2.19 bits per heavy atom. The van der Waals surface area contributed by atoms with Crippen molar-refractivity contribution in [3.05, 3.63) is 10.4 Å². The van der Waals surface area contributed by atoms with Gasteiger partial charge in [-0.25, -0.2) is 0 Å². The maximum atomic E-state index is 11.6. The van der Waals surface area contributed by atoms with Gasteiger partial charge >= 0.3 is 7.60 Å². The van der Waals surface area contributed by atoms with Crippen LogP contribution in [0, 0.1) is 0 Å². The molecule has 118 valence electrons. The smallest absolute Gasteiger partial charge is 0.350 e. The van der Waals surface area contributed by atoms with Crippen molar-refractivity contribution >= 4 is 25.0 Å². The SMILES string of the molecule is Nc1nc2c(c(=O)[nH]1)NCN2CCCCOCP(=O)(O)O. The summed E-state index contributed by atoms with van der Waals surface area (Å²) in [7, 11) is -4.09. The largest absolute Gasteiger partial charge is 0.369 e. The average Bonchev–Trinajstić information content (AvgIpc) is 2.75. The third-order valence-corrected chi connectivity index (χ3v) is 3.41. The van der Waals surface area contributed by atoms with E-state index in [2.05, 4.69) is 15.3 Å². The van der Waals surface area contributed by atoms with Crippen LogP contribution in [0.2, 0.25) is 0 Å². The maximum absolute atomic E-state index is 11.6. The Morgan fingerprint density at radius 1 is 1.43 bits per heavy atom. The van der Waals surface area contributed by atoms with Crippen molar-refractivity contribution in [1.82, 2.24) is 9.97 Å². The number of anilines is 3. The molecule has 0 unspecified atom stereocenters. The number of nitrogens with zero attached hydrogens (tertiary/aromatic N) is 2. The molecule has 0 atom stereocenters. The van der Waals surface area contributed by atoms with E-state index >= 15 is 0 Å². The van der Waals surface area contributed by atoms with Gasteiger partial charge in [-0.15, -0.1) is 0 Å². The number of unbranched alkanes of at least 4 members (excludes halogenated alkanes) is 1. The number of nitrogens with one attached hydrogen (secondary N) is 2. The van der Waals surface area contributed by atoms with Gasteiger partial charge in [0.25, 0.3) is 5.56 Å². The van der Waals surface area contributed by atoms with E-state index in [0.717, 1.165) is 6.42 Å². The Balaban J connectivity index is 1.77. The Hall–Kier alpha value is -1.61. The highest BCUT2D eigenvalue weighted by atomic mass is 31.2. The molecule has 2 heterocycles. The van der Waals surface area contributed by atoms with Crippen LogP contribution in [-0.2, 0) is 9.30 Å². The zero-order valence-corrected chi connectivity index (χ0v) is 12.2. The van der Waals surface area contributed by atoms with Crippen molar-refractivity contribution < 1.29 is 19.1 Å². The predicted octanol–water partition coefficient (Wildman–Crippen LogP) is -0.527. The Labute approximate surface area is 120 Å². The molecular formula is C10H18N5O5P. The van der Waals surface area contributed by atoms with E-state index in [9.17, 15) is 9.36 Å². The Morgan fingerprint density at radius 3 is 2.90 bits per heavy atom. The number of fused-ring (bicyclic) bond motifs is 1. The predicted molar refractivity (Wildman–Crippen MR) is 77.2 cm³/mol. The maximum Gasteiger partial charge on any atom is 0.350 e. The van der Waals surface area contributed by atoms with Gasteiger partial charge in [0, 0.05) is 13.2 Å². The van der Waals surface area contributed by atoms with Crippen LogP contribution >= 0.6 is 7.60 Å². The molecule has 21 heavy (non-hydrogen) atoms. The topological polar surface area (TPSA) is 154 Å². The molecule has 1 aliphatic rings. The second-order valence-electron chi connectivity index (χ2n) is 4.66. The van der Waals surface area contributed by atoms with Gasteiger partial charge in [-0.3, -0.25) is 14.3 Å². The first-order valence-corrected chi connectivity index (χ1v) is 8.17. The van der Waals surface area contributed by atoms with E-state index in [4.69, 9.17) is 20.3 Å². The minimum atomic E-state index is -4.09. The van der Waals surface area contributed by atoms with Gasteiger partial charge in [-0.2, -0.15) is 4.98 Å². The first-order valence-electron chi connectivity index (χ1n) is 6.38. The van der Waals surface area contributed by atoms with Crippen LogP contribution < -0.4 is 21.5 Å².